The number of nitrogens with one attached hydrogen (secondary N) is 1. The van der Waals surface area contributed by atoms with Crippen LogP contribution < -0.4 is 5.32 Å². The monoisotopic (exact) mass is 184 g/mol. The highest BCUT2D eigenvalue weighted by atomic mass is 16.2. The molecule has 1 aliphatic heterocycles. The van der Waals surface area contributed by atoms with Crippen molar-refractivity contribution in [2.75, 3.05) is 13.1 Å². The zero-order valence-corrected chi connectivity index (χ0v) is 8.68. The van der Waals surface area contributed by atoms with Gasteiger partial charge in [0.2, 0.25) is 0 Å². The van der Waals surface area contributed by atoms with Crippen LogP contribution >= 0.6 is 0 Å². The van der Waals surface area contributed by atoms with Gasteiger partial charge in [-0.3, -0.25) is 0 Å². The maximum atomic E-state index is 11.5. The molecule has 1 rings (SSSR count). The number of likely N-dealkylation sites (tertiary alicyclic amines) is 1. The first kappa shape index (κ1) is 10.4. The lowest BCUT2D eigenvalue weighted by Gasteiger charge is -2.21. The van der Waals surface area contributed by atoms with Crippen molar-refractivity contribution in [1.82, 2.24) is 10.2 Å². The predicted octanol–water partition coefficient (Wildman–Crippen LogP) is 1.98. The lowest BCUT2D eigenvalue weighted by Crippen LogP contribution is -2.41. The van der Waals surface area contributed by atoms with Gasteiger partial charge in [0.15, 0.2) is 0 Å². The number of amides is 2. The maximum absolute atomic E-state index is 11.5. The van der Waals surface area contributed by atoms with Crippen molar-refractivity contribution >= 4 is 6.03 Å². The van der Waals surface area contributed by atoms with Crippen LogP contribution in [0.2, 0.25) is 0 Å². The predicted molar refractivity (Wildman–Crippen MR) is 53.7 cm³/mol. The molecule has 1 N–H and O–H groups in total. The number of nitrogens with zero attached hydrogens (tertiary/aromatic N) is 1. The lowest BCUT2D eigenvalue weighted by atomic mass is 10.2. The van der Waals surface area contributed by atoms with Crippen LogP contribution in [0.3, 0.4) is 0 Å². The third kappa shape index (κ3) is 2.90. The molecule has 0 aromatic carbocycles. The van der Waals surface area contributed by atoms with Crippen molar-refractivity contribution in [1.29, 1.82) is 0 Å². The smallest absolute Gasteiger partial charge is 0.317 e. The van der Waals surface area contributed by atoms with Crippen LogP contribution in [-0.4, -0.2) is 30.1 Å². The molecule has 3 nitrogen and oxygen atoms in total. The molecule has 1 heterocycles. The minimum Gasteiger partial charge on any atom is -0.338 e. The van der Waals surface area contributed by atoms with E-state index in [4.69, 9.17) is 0 Å². The highest BCUT2D eigenvalue weighted by molar-refractivity contribution is 5.74. The van der Waals surface area contributed by atoms with Gasteiger partial charge in [0.05, 0.1) is 0 Å². The third-order valence-electron chi connectivity index (χ3n) is 2.62. The first-order valence-corrected chi connectivity index (χ1v) is 5.30. The summed E-state index contributed by atoms with van der Waals surface area (Å²) in [4.78, 5) is 13.5. The second kappa shape index (κ2) is 5.10. The fourth-order valence-electron chi connectivity index (χ4n) is 1.71. The molecule has 0 aromatic rings. The van der Waals surface area contributed by atoms with Gasteiger partial charge in [-0.1, -0.05) is 13.3 Å². The summed E-state index contributed by atoms with van der Waals surface area (Å²) in [6, 6.07) is 0.556. The summed E-state index contributed by atoms with van der Waals surface area (Å²) in [7, 11) is 0. The summed E-state index contributed by atoms with van der Waals surface area (Å²) < 4.78 is 0. The molecule has 0 unspecified atom stereocenters. The molecule has 0 aliphatic carbocycles. The van der Waals surface area contributed by atoms with E-state index < -0.39 is 0 Å². The van der Waals surface area contributed by atoms with E-state index in [-0.39, 0.29) is 6.03 Å². The van der Waals surface area contributed by atoms with Crippen molar-refractivity contribution in [3.63, 3.8) is 0 Å². The van der Waals surface area contributed by atoms with Crippen molar-refractivity contribution in [3.8, 4) is 0 Å². The van der Waals surface area contributed by atoms with Crippen LogP contribution in [0.25, 0.3) is 0 Å². The zero-order valence-electron chi connectivity index (χ0n) is 8.68. The molecule has 1 aliphatic rings. The highest BCUT2D eigenvalue weighted by Gasteiger charge is 2.24. The fraction of sp³-hybridized carbons (Fsp3) is 0.900. The Morgan fingerprint density at radius 3 is 2.92 bits per heavy atom. The molecule has 1 atom stereocenters. The number of carbonyl (C=O) groups is 1. The average Bonchev–Trinajstić information content (AvgIpc) is 2.52. The molecular formula is C10H20N2O. The van der Waals surface area contributed by atoms with Crippen molar-refractivity contribution in [3.05, 3.63) is 0 Å². The van der Waals surface area contributed by atoms with Crippen LogP contribution in [0.1, 0.15) is 39.5 Å². The molecule has 0 spiro atoms. The van der Waals surface area contributed by atoms with Crippen LogP contribution in [0.4, 0.5) is 4.79 Å². The Morgan fingerprint density at radius 2 is 2.38 bits per heavy atom. The van der Waals surface area contributed by atoms with Gasteiger partial charge in [-0.2, -0.15) is 0 Å². The molecular weight excluding hydrogens is 164 g/mol. The summed E-state index contributed by atoms with van der Waals surface area (Å²) in [6.07, 6.45) is 4.52. The molecule has 0 saturated carbocycles. The Kier molecular flexibility index (Phi) is 4.06. The van der Waals surface area contributed by atoms with Gasteiger partial charge in [-0.15, -0.1) is 0 Å². The van der Waals surface area contributed by atoms with E-state index in [1.54, 1.807) is 0 Å². The lowest BCUT2D eigenvalue weighted by molar-refractivity contribution is 0.196. The van der Waals surface area contributed by atoms with E-state index in [1.807, 2.05) is 4.90 Å². The van der Waals surface area contributed by atoms with Gasteiger partial charge in [0.25, 0.3) is 0 Å². The fourth-order valence-corrected chi connectivity index (χ4v) is 1.71. The summed E-state index contributed by atoms with van der Waals surface area (Å²) in [5, 5.41) is 2.94. The number of rotatable bonds is 3. The minimum absolute atomic E-state index is 0.124. The Balaban J connectivity index is 2.22. The molecule has 0 aromatic heterocycles. The number of urea groups is 1. The normalized spacial score (nSPS) is 22.0. The maximum Gasteiger partial charge on any atom is 0.317 e. The molecule has 0 bridgehead atoms. The van der Waals surface area contributed by atoms with Gasteiger partial charge in [-0.25, -0.2) is 4.79 Å². The third-order valence-corrected chi connectivity index (χ3v) is 2.62. The van der Waals surface area contributed by atoms with Crippen LogP contribution in [0.15, 0.2) is 0 Å². The second-order valence-electron chi connectivity index (χ2n) is 3.77. The van der Waals surface area contributed by atoms with E-state index in [1.165, 1.54) is 0 Å². The van der Waals surface area contributed by atoms with Crippen LogP contribution in [-0.2, 0) is 0 Å². The number of hydrogen-bond donors (Lipinski definition) is 1. The number of hydrogen-bond acceptors (Lipinski definition) is 1. The Bertz CT molecular complexity index is 170. The van der Waals surface area contributed by atoms with Crippen LogP contribution in [0, 0.1) is 0 Å². The van der Waals surface area contributed by atoms with Crippen LogP contribution in [0.5, 0.6) is 0 Å². The summed E-state index contributed by atoms with van der Waals surface area (Å²) >= 11 is 0. The standard InChI is InChI=1S/C10H20N2O/c1-3-4-7-11-10(13)12-8-5-6-9(12)2/h9H,3-8H2,1-2H3,(H,11,13)/t9-/m1/s1. The largest absolute Gasteiger partial charge is 0.338 e. The first-order chi connectivity index (χ1) is 6.25. The van der Waals surface area contributed by atoms with E-state index in [9.17, 15) is 4.79 Å². The number of carbonyl (C=O) groups excluding carboxylic acids is 1. The van der Waals surface area contributed by atoms with Gasteiger partial charge in [0, 0.05) is 19.1 Å². The second-order valence-corrected chi connectivity index (χ2v) is 3.77. The van der Waals surface area contributed by atoms with E-state index in [0.717, 1.165) is 38.8 Å². The molecule has 3 heteroatoms. The number of unbranched alkanes of at least 4 members (excludes halogenated alkanes) is 1. The Morgan fingerprint density at radius 1 is 1.62 bits per heavy atom. The summed E-state index contributed by atoms with van der Waals surface area (Å²) in [5.41, 5.74) is 0. The molecule has 1 fully saturated rings. The SMILES string of the molecule is CCCCNC(=O)N1CCC[C@H]1C. The average molecular weight is 184 g/mol. The molecule has 76 valence electrons. The minimum atomic E-state index is 0.124. The quantitative estimate of drug-likeness (QED) is 0.668. The summed E-state index contributed by atoms with van der Waals surface area (Å²) in [5.74, 6) is 0. The van der Waals surface area contributed by atoms with E-state index in [2.05, 4.69) is 19.2 Å². The summed E-state index contributed by atoms with van der Waals surface area (Å²) in [6.45, 7) is 5.99. The zero-order chi connectivity index (χ0) is 9.68. The van der Waals surface area contributed by atoms with Gasteiger partial charge < -0.3 is 10.2 Å². The Hall–Kier alpha value is -0.730. The van der Waals surface area contributed by atoms with Crippen molar-refractivity contribution in [2.24, 2.45) is 0 Å². The van der Waals surface area contributed by atoms with Crippen molar-refractivity contribution in [2.45, 2.75) is 45.6 Å². The Labute approximate surface area is 80.5 Å². The van der Waals surface area contributed by atoms with Gasteiger partial charge >= 0.3 is 6.03 Å². The van der Waals surface area contributed by atoms with Crippen molar-refractivity contribution < 1.29 is 4.79 Å². The molecule has 1 saturated heterocycles. The molecule has 13 heavy (non-hydrogen) atoms. The van der Waals surface area contributed by atoms with E-state index in [0.29, 0.717) is 6.04 Å². The molecule has 0 radical (unpaired) electrons. The van der Waals surface area contributed by atoms with Gasteiger partial charge in [-0.05, 0) is 26.2 Å². The van der Waals surface area contributed by atoms with Gasteiger partial charge in [0.1, 0.15) is 0 Å². The molecule has 2 amide bonds. The first-order valence-electron chi connectivity index (χ1n) is 5.30. The topological polar surface area (TPSA) is 32.3 Å². The highest BCUT2D eigenvalue weighted by Crippen LogP contribution is 2.15. The van der Waals surface area contributed by atoms with E-state index >= 15 is 0 Å².